The van der Waals surface area contributed by atoms with Crippen LogP contribution in [-0.4, -0.2) is 18.0 Å². The van der Waals surface area contributed by atoms with Crippen molar-refractivity contribution in [2.24, 2.45) is 5.92 Å². The highest BCUT2D eigenvalue weighted by Crippen LogP contribution is 2.29. The summed E-state index contributed by atoms with van der Waals surface area (Å²) in [5.41, 5.74) is 1.70. The molecule has 1 N–H and O–H groups in total. The van der Waals surface area contributed by atoms with Crippen LogP contribution in [0.4, 0.5) is 0 Å². The van der Waals surface area contributed by atoms with Crippen molar-refractivity contribution >= 4 is 5.91 Å². The Morgan fingerprint density at radius 2 is 1.91 bits per heavy atom. The Morgan fingerprint density at radius 3 is 2.55 bits per heavy atom. The monoisotopic (exact) mass is 298 g/mol. The summed E-state index contributed by atoms with van der Waals surface area (Å²) in [7, 11) is 1.63. The Labute approximate surface area is 131 Å². The van der Waals surface area contributed by atoms with Gasteiger partial charge in [-0.1, -0.05) is 38.1 Å². The van der Waals surface area contributed by atoms with Gasteiger partial charge in [0.15, 0.2) is 0 Å². The molecular formula is C18H22N2O2. The van der Waals surface area contributed by atoms with Crippen molar-refractivity contribution in [3.8, 4) is 5.75 Å². The molecule has 1 unspecified atom stereocenters. The molecule has 0 fully saturated rings. The van der Waals surface area contributed by atoms with Crippen molar-refractivity contribution in [2.75, 3.05) is 7.11 Å². The molecule has 4 heteroatoms. The highest BCUT2D eigenvalue weighted by Gasteiger charge is 2.21. The molecule has 0 aliphatic carbocycles. The van der Waals surface area contributed by atoms with E-state index in [1.165, 1.54) is 0 Å². The van der Waals surface area contributed by atoms with Crippen LogP contribution in [0.2, 0.25) is 0 Å². The molecule has 0 radical (unpaired) electrons. The molecule has 0 spiro atoms. The predicted molar refractivity (Wildman–Crippen MR) is 86.7 cm³/mol. The van der Waals surface area contributed by atoms with Crippen LogP contribution in [0.3, 0.4) is 0 Å². The van der Waals surface area contributed by atoms with Crippen LogP contribution in [-0.2, 0) is 4.79 Å². The summed E-state index contributed by atoms with van der Waals surface area (Å²) in [5, 5.41) is 3.07. The van der Waals surface area contributed by atoms with Crippen LogP contribution in [0, 0.1) is 5.92 Å². The lowest BCUT2D eigenvalue weighted by Crippen LogP contribution is -2.30. The smallest absolute Gasteiger partial charge is 0.221 e. The summed E-state index contributed by atoms with van der Waals surface area (Å²) < 4.78 is 5.43. The van der Waals surface area contributed by atoms with Crippen LogP contribution in [0.15, 0.2) is 48.7 Å². The number of amides is 1. The second kappa shape index (κ2) is 7.59. The second-order valence-electron chi connectivity index (χ2n) is 5.60. The minimum absolute atomic E-state index is 0.0107. The first kappa shape index (κ1) is 16.0. The molecule has 116 valence electrons. The fourth-order valence-corrected chi connectivity index (χ4v) is 2.35. The van der Waals surface area contributed by atoms with E-state index in [1.807, 2.05) is 56.3 Å². The number of ether oxygens (including phenoxy) is 1. The summed E-state index contributed by atoms with van der Waals surface area (Å²) in [6, 6.07) is 13.1. The normalized spacial score (nSPS) is 12.0. The van der Waals surface area contributed by atoms with Crippen LogP contribution < -0.4 is 10.1 Å². The average Bonchev–Trinajstić information content (AvgIpc) is 2.53. The van der Waals surface area contributed by atoms with E-state index < -0.39 is 0 Å². The van der Waals surface area contributed by atoms with Crippen LogP contribution >= 0.6 is 0 Å². The summed E-state index contributed by atoms with van der Waals surface area (Å²) >= 11 is 0. The van der Waals surface area contributed by atoms with Crippen LogP contribution in [0.5, 0.6) is 5.75 Å². The molecule has 2 aromatic rings. The Morgan fingerprint density at radius 1 is 1.18 bits per heavy atom. The molecule has 0 aliphatic heterocycles. The highest BCUT2D eigenvalue weighted by atomic mass is 16.5. The van der Waals surface area contributed by atoms with E-state index in [4.69, 9.17) is 4.74 Å². The average molecular weight is 298 g/mol. The first-order valence-electron chi connectivity index (χ1n) is 7.45. The van der Waals surface area contributed by atoms with Crippen molar-refractivity contribution < 1.29 is 9.53 Å². The molecule has 1 amide bonds. The fourth-order valence-electron chi connectivity index (χ4n) is 2.35. The lowest BCUT2D eigenvalue weighted by atomic mass is 10.0. The van der Waals surface area contributed by atoms with Crippen molar-refractivity contribution in [1.82, 2.24) is 10.3 Å². The van der Waals surface area contributed by atoms with Crippen molar-refractivity contribution in [3.63, 3.8) is 0 Å². The number of rotatable bonds is 6. The molecule has 22 heavy (non-hydrogen) atoms. The van der Waals surface area contributed by atoms with E-state index in [0.717, 1.165) is 17.0 Å². The van der Waals surface area contributed by atoms with Crippen molar-refractivity contribution in [3.05, 3.63) is 59.9 Å². The number of nitrogens with zero attached hydrogens (tertiary/aromatic N) is 1. The Balaban J connectivity index is 2.36. The molecule has 1 aromatic carbocycles. The number of nitrogens with one attached hydrogen (secondary N) is 1. The van der Waals surface area contributed by atoms with Gasteiger partial charge in [0.1, 0.15) is 5.75 Å². The number of carbonyl (C=O) groups is 1. The summed E-state index contributed by atoms with van der Waals surface area (Å²) in [4.78, 5) is 16.6. The maximum atomic E-state index is 12.2. The molecule has 0 saturated carbocycles. The van der Waals surface area contributed by atoms with Gasteiger partial charge in [0.25, 0.3) is 0 Å². The number of carbonyl (C=O) groups excluding carboxylic acids is 1. The van der Waals surface area contributed by atoms with Gasteiger partial charge in [-0.25, -0.2) is 0 Å². The molecule has 0 bridgehead atoms. The third-order valence-electron chi connectivity index (χ3n) is 3.33. The minimum atomic E-state index is -0.316. The maximum absolute atomic E-state index is 12.2. The second-order valence-corrected chi connectivity index (χ2v) is 5.60. The molecule has 4 nitrogen and oxygen atoms in total. The van der Waals surface area contributed by atoms with Gasteiger partial charge in [-0.3, -0.25) is 9.78 Å². The zero-order valence-electron chi connectivity index (χ0n) is 13.2. The zero-order valence-corrected chi connectivity index (χ0v) is 13.2. The molecule has 1 atom stereocenters. The highest BCUT2D eigenvalue weighted by molar-refractivity contribution is 5.77. The quantitative estimate of drug-likeness (QED) is 0.890. The molecule has 1 aromatic heterocycles. The Hall–Kier alpha value is -2.36. The van der Waals surface area contributed by atoms with E-state index in [0.29, 0.717) is 12.3 Å². The largest absolute Gasteiger partial charge is 0.496 e. The lowest BCUT2D eigenvalue weighted by Gasteiger charge is -2.21. The van der Waals surface area contributed by atoms with Gasteiger partial charge in [0.2, 0.25) is 5.91 Å². The number of methoxy groups -OCH3 is 1. The van der Waals surface area contributed by atoms with E-state index in [-0.39, 0.29) is 11.9 Å². The van der Waals surface area contributed by atoms with E-state index in [1.54, 1.807) is 13.3 Å². The Kier molecular flexibility index (Phi) is 5.53. The number of pyridine rings is 1. The standard InChI is InChI=1S/C18H22N2O2/c1-13(2)12-17(21)20-18(15-9-6-7-11-19-15)14-8-4-5-10-16(14)22-3/h4-11,13,18H,12H2,1-3H3,(H,20,21). The molecule has 0 aliphatic rings. The first-order chi connectivity index (χ1) is 10.6. The van der Waals surface area contributed by atoms with Gasteiger partial charge >= 0.3 is 0 Å². The Bertz CT molecular complexity index is 611. The van der Waals surface area contributed by atoms with Crippen LogP contribution in [0.25, 0.3) is 0 Å². The van der Waals surface area contributed by atoms with Gasteiger partial charge < -0.3 is 10.1 Å². The van der Waals surface area contributed by atoms with Gasteiger partial charge in [-0.2, -0.15) is 0 Å². The fraction of sp³-hybridized carbons (Fsp3) is 0.333. The molecule has 0 saturated heterocycles. The molecule has 1 heterocycles. The molecular weight excluding hydrogens is 276 g/mol. The van der Waals surface area contributed by atoms with Crippen molar-refractivity contribution in [2.45, 2.75) is 26.3 Å². The number of hydrogen-bond acceptors (Lipinski definition) is 3. The van der Waals surface area contributed by atoms with Crippen molar-refractivity contribution in [1.29, 1.82) is 0 Å². The lowest BCUT2D eigenvalue weighted by molar-refractivity contribution is -0.122. The van der Waals surface area contributed by atoms with Gasteiger partial charge in [-0.05, 0) is 24.1 Å². The van der Waals surface area contributed by atoms with Gasteiger partial charge in [-0.15, -0.1) is 0 Å². The summed E-state index contributed by atoms with van der Waals surface area (Å²) in [6.45, 7) is 4.05. The van der Waals surface area contributed by atoms with E-state index >= 15 is 0 Å². The summed E-state index contributed by atoms with van der Waals surface area (Å²) in [5.74, 6) is 1.06. The minimum Gasteiger partial charge on any atom is -0.496 e. The third-order valence-corrected chi connectivity index (χ3v) is 3.33. The predicted octanol–water partition coefficient (Wildman–Crippen LogP) is 3.34. The number of para-hydroxylation sites is 1. The zero-order chi connectivity index (χ0) is 15.9. The maximum Gasteiger partial charge on any atom is 0.221 e. The summed E-state index contributed by atoms with van der Waals surface area (Å²) in [6.07, 6.45) is 2.21. The number of hydrogen-bond donors (Lipinski definition) is 1. The number of benzene rings is 1. The van der Waals surface area contributed by atoms with Crippen LogP contribution in [0.1, 0.15) is 37.6 Å². The SMILES string of the molecule is COc1ccccc1C(NC(=O)CC(C)C)c1ccccn1. The topological polar surface area (TPSA) is 51.2 Å². The molecule has 2 rings (SSSR count). The van der Waals surface area contributed by atoms with Gasteiger partial charge in [0.05, 0.1) is 18.8 Å². The van der Waals surface area contributed by atoms with Gasteiger partial charge in [0, 0.05) is 18.2 Å². The number of aromatic nitrogens is 1. The van der Waals surface area contributed by atoms with E-state index in [2.05, 4.69) is 10.3 Å². The third kappa shape index (κ3) is 4.07. The van der Waals surface area contributed by atoms with E-state index in [9.17, 15) is 4.79 Å². The first-order valence-corrected chi connectivity index (χ1v) is 7.45.